The predicted molar refractivity (Wildman–Crippen MR) is 51.4 cm³/mol. The third-order valence-corrected chi connectivity index (χ3v) is 5.95. The lowest BCUT2D eigenvalue weighted by Gasteiger charge is -2.13. The van der Waals surface area contributed by atoms with E-state index in [4.69, 9.17) is 4.74 Å². The molecule has 4 atom stereocenters. The van der Waals surface area contributed by atoms with Crippen LogP contribution in [0, 0.1) is 0 Å². The molecule has 2 aliphatic heterocycles. The molecule has 1 saturated carbocycles. The average Bonchev–Trinajstić information content (AvgIpc) is 2.66. The van der Waals surface area contributed by atoms with Crippen molar-refractivity contribution in [2.45, 2.75) is 43.0 Å². The van der Waals surface area contributed by atoms with Crippen molar-refractivity contribution < 1.29 is 13.2 Å². The zero-order chi connectivity index (χ0) is 9.76. The molecule has 3 rings (SSSR count). The Morgan fingerprint density at radius 2 is 1.86 bits per heavy atom. The normalized spacial score (nSPS) is 46.6. The Bertz CT molecular complexity index is 324. The Hall–Kier alpha value is -0.130. The smallest absolute Gasteiger partial charge is 0.219 e. The third kappa shape index (κ3) is 1.15. The molecule has 0 aromatic rings. The minimum absolute atomic E-state index is 0.256. The van der Waals surface area contributed by atoms with Gasteiger partial charge in [0, 0.05) is 18.7 Å². The summed E-state index contributed by atoms with van der Waals surface area (Å²) < 4.78 is 31.0. The van der Waals surface area contributed by atoms with Crippen molar-refractivity contribution in [1.29, 1.82) is 0 Å². The SMILES string of the molecule is O=S(=O)([C@H]1CCOC1)N1[C@@H]2CCC[C@@H]21. The number of hydrogen-bond donors (Lipinski definition) is 0. The van der Waals surface area contributed by atoms with E-state index in [1.807, 2.05) is 0 Å². The van der Waals surface area contributed by atoms with Gasteiger partial charge in [0.15, 0.2) is 0 Å². The summed E-state index contributed by atoms with van der Waals surface area (Å²) in [6.45, 7) is 1.01. The van der Waals surface area contributed by atoms with Crippen LogP contribution in [0.2, 0.25) is 0 Å². The molecule has 0 spiro atoms. The van der Waals surface area contributed by atoms with Gasteiger partial charge >= 0.3 is 0 Å². The van der Waals surface area contributed by atoms with E-state index in [1.165, 1.54) is 6.42 Å². The molecule has 3 aliphatic rings. The highest BCUT2D eigenvalue weighted by molar-refractivity contribution is 7.90. The Balaban J connectivity index is 1.77. The molecule has 80 valence electrons. The lowest BCUT2D eigenvalue weighted by Crippen LogP contribution is -2.30. The minimum atomic E-state index is -3.02. The van der Waals surface area contributed by atoms with Crippen LogP contribution in [0.1, 0.15) is 25.7 Å². The number of hydrogen-bond acceptors (Lipinski definition) is 3. The maximum Gasteiger partial charge on any atom is 0.219 e. The van der Waals surface area contributed by atoms with Crippen LogP contribution in [-0.4, -0.2) is 43.3 Å². The van der Waals surface area contributed by atoms with Crippen molar-refractivity contribution in [1.82, 2.24) is 4.31 Å². The standard InChI is InChI=1S/C9H15NO3S/c11-14(12,7-4-5-13-6-7)10-8-2-1-3-9(8)10/h7-9H,1-6H2/t7-,8-,9+,10?/m0/s1. The molecule has 0 amide bonds. The Labute approximate surface area is 84.3 Å². The molecule has 0 radical (unpaired) electrons. The number of rotatable bonds is 2. The van der Waals surface area contributed by atoms with E-state index in [1.54, 1.807) is 4.31 Å². The van der Waals surface area contributed by atoms with Crippen molar-refractivity contribution in [3.05, 3.63) is 0 Å². The van der Waals surface area contributed by atoms with E-state index in [2.05, 4.69) is 0 Å². The van der Waals surface area contributed by atoms with E-state index < -0.39 is 10.0 Å². The molecule has 14 heavy (non-hydrogen) atoms. The van der Waals surface area contributed by atoms with Crippen molar-refractivity contribution in [3.63, 3.8) is 0 Å². The fourth-order valence-corrected chi connectivity index (χ4v) is 4.98. The van der Waals surface area contributed by atoms with Crippen molar-refractivity contribution in [2.24, 2.45) is 0 Å². The topological polar surface area (TPSA) is 46.4 Å². The van der Waals surface area contributed by atoms with Gasteiger partial charge < -0.3 is 4.74 Å². The van der Waals surface area contributed by atoms with E-state index >= 15 is 0 Å². The number of fused-ring (bicyclic) bond motifs is 1. The first-order valence-electron chi connectivity index (χ1n) is 5.31. The molecule has 4 nitrogen and oxygen atoms in total. The molecular weight excluding hydrogens is 202 g/mol. The number of piperidine rings is 1. The second-order valence-corrected chi connectivity index (χ2v) is 6.54. The van der Waals surface area contributed by atoms with Gasteiger partial charge in [-0.1, -0.05) is 6.42 Å². The van der Waals surface area contributed by atoms with E-state index in [0.717, 1.165) is 12.8 Å². The van der Waals surface area contributed by atoms with Crippen LogP contribution in [0.4, 0.5) is 0 Å². The predicted octanol–water partition coefficient (Wildman–Crippen LogP) is 0.342. The minimum Gasteiger partial charge on any atom is -0.380 e. The second kappa shape index (κ2) is 2.93. The van der Waals surface area contributed by atoms with E-state index in [0.29, 0.717) is 31.7 Å². The lowest BCUT2D eigenvalue weighted by molar-refractivity contribution is 0.198. The number of ether oxygens (including phenoxy) is 1. The van der Waals surface area contributed by atoms with Crippen LogP contribution in [0.5, 0.6) is 0 Å². The zero-order valence-corrected chi connectivity index (χ0v) is 8.87. The molecular formula is C9H15NO3S. The van der Waals surface area contributed by atoms with Crippen LogP contribution in [0.25, 0.3) is 0 Å². The fourth-order valence-electron chi connectivity index (χ4n) is 2.78. The summed E-state index contributed by atoms with van der Waals surface area (Å²) in [6, 6.07) is 0.696. The van der Waals surface area contributed by atoms with Gasteiger partial charge in [0.2, 0.25) is 10.0 Å². The van der Waals surface area contributed by atoms with E-state index in [9.17, 15) is 8.42 Å². The molecule has 2 heterocycles. The van der Waals surface area contributed by atoms with Crippen LogP contribution >= 0.6 is 0 Å². The van der Waals surface area contributed by atoms with Gasteiger partial charge in [0.1, 0.15) is 5.25 Å². The van der Waals surface area contributed by atoms with Gasteiger partial charge in [-0.2, -0.15) is 4.31 Å². The maximum absolute atomic E-state index is 12.1. The summed E-state index contributed by atoms with van der Waals surface area (Å²) in [6.07, 6.45) is 4.01. The lowest BCUT2D eigenvalue weighted by atomic mass is 10.3. The first kappa shape index (κ1) is 9.12. The highest BCUT2D eigenvalue weighted by atomic mass is 32.2. The van der Waals surface area contributed by atoms with Gasteiger partial charge in [0.05, 0.1) is 6.61 Å². The Morgan fingerprint density at radius 3 is 2.43 bits per heavy atom. The van der Waals surface area contributed by atoms with Crippen LogP contribution < -0.4 is 0 Å². The van der Waals surface area contributed by atoms with Crippen LogP contribution in [0.3, 0.4) is 0 Å². The van der Waals surface area contributed by atoms with Gasteiger partial charge in [0.25, 0.3) is 0 Å². The monoisotopic (exact) mass is 217 g/mol. The third-order valence-electron chi connectivity index (χ3n) is 3.61. The second-order valence-electron chi connectivity index (χ2n) is 4.43. The summed E-state index contributed by atoms with van der Waals surface area (Å²) in [5.41, 5.74) is 0. The molecule has 1 aliphatic carbocycles. The van der Waals surface area contributed by atoms with Crippen molar-refractivity contribution >= 4 is 10.0 Å². The van der Waals surface area contributed by atoms with Gasteiger partial charge in [-0.3, -0.25) is 0 Å². The summed E-state index contributed by atoms with van der Waals surface area (Å²) >= 11 is 0. The van der Waals surface area contributed by atoms with Crippen molar-refractivity contribution in [3.8, 4) is 0 Å². The fraction of sp³-hybridized carbons (Fsp3) is 1.00. The summed E-state index contributed by atoms with van der Waals surface area (Å²) in [5, 5.41) is -0.256. The molecule has 2 saturated heterocycles. The highest BCUT2D eigenvalue weighted by Crippen LogP contribution is 2.46. The molecule has 0 bridgehead atoms. The van der Waals surface area contributed by atoms with Gasteiger partial charge in [-0.25, -0.2) is 8.42 Å². The number of nitrogens with zero attached hydrogens (tertiary/aromatic N) is 1. The Morgan fingerprint density at radius 1 is 1.14 bits per heavy atom. The van der Waals surface area contributed by atoms with Crippen LogP contribution in [0.15, 0.2) is 0 Å². The summed E-state index contributed by atoms with van der Waals surface area (Å²) in [7, 11) is -3.02. The number of sulfonamides is 1. The largest absolute Gasteiger partial charge is 0.380 e. The highest BCUT2D eigenvalue weighted by Gasteiger charge is 2.58. The van der Waals surface area contributed by atoms with Gasteiger partial charge in [-0.05, 0) is 19.3 Å². The molecule has 3 fully saturated rings. The first-order chi connectivity index (χ1) is 6.71. The van der Waals surface area contributed by atoms with Crippen LogP contribution in [-0.2, 0) is 14.8 Å². The molecule has 0 aromatic heterocycles. The molecule has 5 heteroatoms. The molecule has 0 N–H and O–H groups in total. The summed E-state index contributed by atoms with van der Waals surface area (Å²) in [4.78, 5) is 0. The summed E-state index contributed by atoms with van der Waals surface area (Å²) in [5.74, 6) is 0. The molecule has 0 aromatic carbocycles. The van der Waals surface area contributed by atoms with Gasteiger partial charge in [-0.15, -0.1) is 0 Å². The maximum atomic E-state index is 12.1. The molecule has 1 unspecified atom stereocenters. The quantitative estimate of drug-likeness (QED) is 0.627. The van der Waals surface area contributed by atoms with Crippen molar-refractivity contribution in [2.75, 3.05) is 13.2 Å². The first-order valence-corrected chi connectivity index (χ1v) is 6.81. The average molecular weight is 217 g/mol. The zero-order valence-electron chi connectivity index (χ0n) is 8.05. The Kier molecular flexibility index (Phi) is 1.91. The van der Waals surface area contributed by atoms with E-state index in [-0.39, 0.29) is 5.25 Å².